The van der Waals surface area contributed by atoms with Gasteiger partial charge in [0.15, 0.2) is 4.90 Å². The van der Waals surface area contributed by atoms with Gasteiger partial charge >= 0.3 is 0 Å². The Morgan fingerprint density at radius 3 is 2.30 bits per heavy atom. The van der Waals surface area contributed by atoms with Crippen molar-refractivity contribution >= 4 is 46.0 Å². The van der Waals surface area contributed by atoms with Crippen LogP contribution in [0, 0.1) is 0 Å². The highest BCUT2D eigenvalue weighted by molar-refractivity contribution is 7.94. The van der Waals surface area contributed by atoms with Crippen molar-refractivity contribution in [1.82, 2.24) is 19.9 Å². The summed E-state index contributed by atoms with van der Waals surface area (Å²) in [7, 11) is 2.18. The van der Waals surface area contributed by atoms with E-state index < -0.39 is 15.9 Å². The van der Waals surface area contributed by atoms with Gasteiger partial charge in [0, 0.05) is 35.4 Å². The lowest BCUT2D eigenvalue weighted by molar-refractivity contribution is -0.119. The molecule has 1 aromatic heterocycles. The van der Waals surface area contributed by atoms with Gasteiger partial charge in [0.1, 0.15) is 6.33 Å². The summed E-state index contributed by atoms with van der Waals surface area (Å²) in [5, 5.41) is 9.34. The molecule has 2 aromatic carbocycles. The Hall–Kier alpha value is -3.21. The third kappa shape index (κ3) is 5.14. The molecule has 9 nitrogen and oxygen atoms in total. The molecule has 2 aliphatic heterocycles. The van der Waals surface area contributed by atoms with E-state index in [0.29, 0.717) is 46.9 Å². The molecule has 2 aliphatic rings. The average Bonchev–Trinajstić information content (AvgIpc) is 2.91. The fraction of sp³-hybridized carbons (Fsp3) is 0.407. The predicted octanol–water partition coefficient (Wildman–Crippen LogP) is 4.79. The zero-order valence-electron chi connectivity index (χ0n) is 21.5. The molecule has 10 heteroatoms. The van der Waals surface area contributed by atoms with Crippen molar-refractivity contribution in [2.24, 2.45) is 0 Å². The topological polar surface area (TPSA) is 118 Å². The SMILES string of the molecule is CCC1(CC)C(=O)Nc2cc(Nc3ncnc(Nc4ccc(C5CCN(C)CC5)cc4)n3)ccc2[S+]1[O-]. The number of rotatable bonds is 7. The highest BCUT2D eigenvalue weighted by atomic mass is 32.2. The molecule has 194 valence electrons. The molecule has 1 saturated heterocycles. The van der Waals surface area contributed by atoms with Gasteiger partial charge in [-0.05, 0) is 74.8 Å². The molecule has 37 heavy (non-hydrogen) atoms. The molecule has 3 aromatic rings. The molecule has 1 amide bonds. The van der Waals surface area contributed by atoms with Gasteiger partial charge in [0.25, 0.3) is 5.91 Å². The number of nitrogens with zero attached hydrogens (tertiary/aromatic N) is 4. The first-order valence-corrected chi connectivity index (χ1v) is 14.0. The molecule has 1 fully saturated rings. The monoisotopic (exact) mass is 519 g/mol. The zero-order valence-corrected chi connectivity index (χ0v) is 22.3. The number of fused-ring (bicyclic) bond motifs is 1. The van der Waals surface area contributed by atoms with Crippen LogP contribution in [0.3, 0.4) is 0 Å². The summed E-state index contributed by atoms with van der Waals surface area (Å²) < 4.78 is 12.3. The van der Waals surface area contributed by atoms with Gasteiger partial charge in [-0.2, -0.15) is 4.98 Å². The zero-order chi connectivity index (χ0) is 26.0. The second-order valence-electron chi connectivity index (χ2n) is 9.72. The van der Waals surface area contributed by atoms with Crippen LogP contribution in [-0.2, 0) is 16.0 Å². The van der Waals surface area contributed by atoms with Crippen LogP contribution < -0.4 is 16.0 Å². The lowest BCUT2D eigenvalue weighted by Gasteiger charge is -2.36. The molecule has 0 aliphatic carbocycles. The molecule has 3 N–H and O–H groups in total. The summed E-state index contributed by atoms with van der Waals surface area (Å²) >= 11 is -1.42. The standard InChI is InChI=1S/C27H33N7O2S/c1-4-27(5-2)24(35)32-22-16-21(10-11-23(22)37(27)36)31-26-29-17-28-25(33-26)30-20-8-6-18(7-9-20)19-12-14-34(3)15-13-19/h6-11,16-17,19H,4-5,12-15H2,1-3H3,(H,32,35)(H2,28,29,30,31,33). The Labute approximate surface area is 220 Å². The summed E-state index contributed by atoms with van der Waals surface area (Å²) in [4.78, 5) is 28.8. The van der Waals surface area contributed by atoms with E-state index in [1.807, 2.05) is 19.9 Å². The van der Waals surface area contributed by atoms with Gasteiger partial charge in [-0.3, -0.25) is 4.79 Å². The predicted molar refractivity (Wildman–Crippen MR) is 147 cm³/mol. The number of anilines is 5. The van der Waals surface area contributed by atoms with Gasteiger partial charge in [-0.15, -0.1) is 0 Å². The van der Waals surface area contributed by atoms with Crippen LogP contribution in [0.2, 0.25) is 0 Å². The first kappa shape index (κ1) is 25.4. The second kappa shape index (κ2) is 10.6. The maximum Gasteiger partial charge on any atom is 0.281 e. The number of hydrogen-bond donors (Lipinski definition) is 3. The molecule has 1 atom stereocenters. The number of hydrogen-bond acceptors (Lipinski definition) is 8. The number of carbonyl (C=O) groups excluding carboxylic acids is 1. The normalized spacial score (nSPS) is 19.7. The summed E-state index contributed by atoms with van der Waals surface area (Å²) in [6.45, 7) is 6.08. The molecule has 0 spiro atoms. The Bertz CT molecular complexity index is 1260. The molecule has 5 rings (SSSR count). The molecule has 1 unspecified atom stereocenters. The van der Waals surface area contributed by atoms with Crippen LogP contribution in [0.15, 0.2) is 53.7 Å². The fourth-order valence-corrected chi connectivity index (χ4v) is 6.75. The van der Waals surface area contributed by atoms with Crippen molar-refractivity contribution in [1.29, 1.82) is 0 Å². The maximum absolute atomic E-state index is 13.2. The number of piperidine rings is 1. The Morgan fingerprint density at radius 1 is 1.03 bits per heavy atom. The Kier molecular flexibility index (Phi) is 7.32. The quantitative estimate of drug-likeness (QED) is 0.382. The van der Waals surface area contributed by atoms with E-state index in [2.05, 4.69) is 67.1 Å². The van der Waals surface area contributed by atoms with E-state index in [1.165, 1.54) is 24.7 Å². The van der Waals surface area contributed by atoms with Crippen LogP contribution in [0.4, 0.5) is 29.0 Å². The maximum atomic E-state index is 13.2. The molecular weight excluding hydrogens is 486 g/mol. The molecule has 0 bridgehead atoms. The van der Waals surface area contributed by atoms with E-state index in [-0.39, 0.29) is 5.91 Å². The fourth-order valence-electron chi connectivity index (χ4n) is 5.09. The molecular formula is C27H33N7O2S. The van der Waals surface area contributed by atoms with Crippen LogP contribution >= 0.6 is 0 Å². The van der Waals surface area contributed by atoms with Crippen LogP contribution in [0.1, 0.15) is 51.0 Å². The van der Waals surface area contributed by atoms with E-state index in [4.69, 9.17) is 0 Å². The number of amides is 1. The smallest absolute Gasteiger partial charge is 0.281 e. The van der Waals surface area contributed by atoms with Crippen LogP contribution in [-0.4, -0.2) is 55.2 Å². The summed E-state index contributed by atoms with van der Waals surface area (Å²) in [6.07, 6.45) is 4.85. The highest BCUT2D eigenvalue weighted by Gasteiger charge is 2.51. The van der Waals surface area contributed by atoms with Crippen molar-refractivity contribution in [3.8, 4) is 0 Å². The van der Waals surface area contributed by atoms with E-state index in [0.717, 1.165) is 18.8 Å². The molecule has 3 heterocycles. The Morgan fingerprint density at radius 2 is 1.65 bits per heavy atom. The summed E-state index contributed by atoms with van der Waals surface area (Å²) in [5.41, 5.74) is 3.49. The van der Waals surface area contributed by atoms with Gasteiger partial charge in [0.2, 0.25) is 16.6 Å². The minimum atomic E-state index is -1.42. The molecule has 0 radical (unpaired) electrons. The van der Waals surface area contributed by atoms with E-state index in [1.54, 1.807) is 12.1 Å². The number of likely N-dealkylation sites (tertiary alicyclic amines) is 1. The minimum Gasteiger partial charge on any atom is -0.611 e. The van der Waals surface area contributed by atoms with E-state index >= 15 is 0 Å². The van der Waals surface area contributed by atoms with Crippen LogP contribution in [0.25, 0.3) is 0 Å². The summed E-state index contributed by atoms with van der Waals surface area (Å²) in [5.74, 6) is 1.19. The number of nitrogens with one attached hydrogen (secondary N) is 3. The first-order chi connectivity index (χ1) is 17.9. The van der Waals surface area contributed by atoms with Gasteiger partial charge in [-0.1, -0.05) is 26.0 Å². The molecule has 0 saturated carbocycles. The van der Waals surface area contributed by atoms with Crippen molar-refractivity contribution in [2.75, 3.05) is 36.1 Å². The minimum absolute atomic E-state index is 0.200. The van der Waals surface area contributed by atoms with Crippen molar-refractivity contribution < 1.29 is 9.35 Å². The lowest BCUT2D eigenvalue weighted by Crippen LogP contribution is -2.51. The van der Waals surface area contributed by atoms with E-state index in [9.17, 15) is 9.35 Å². The van der Waals surface area contributed by atoms with Crippen molar-refractivity contribution in [2.45, 2.75) is 55.1 Å². The summed E-state index contributed by atoms with van der Waals surface area (Å²) in [6, 6.07) is 13.8. The third-order valence-corrected chi connectivity index (χ3v) is 9.75. The number of aromatic nitrogens is 3. The van der Waals surface area contributed by atoms with Gasteiger partial charge in [-0.25, -0.2) is 9.97 Å². The van der Waals surface area contributed by atoms with Crippen molar-refractivity contribution in [3.63, 3.8) is 0 Å². The number of carbonyl (C=O) groups is 1. The second-order valence-corrected chi connectivity index (χ2v) is 11.5. The third-order valence-electron chi connectivity index (χ3n) is 7.52. The van der Waals surface area contributed by atoms with Gasteiger partial charge in [0.05, 0.1) is 5.69 Å². The Balaban J connectivity index is 1.27. The largest absolute Gasteiger partial charge is 0.611 e. The lowest BCUT2D eigenvalue weighted by atomic mass is 9.89. The highest BCUT2D eigenvalue weighted by Crippen LogP contribution is 2.41. The van der Waals surface area contributed by atoms with Crippen LogP contribution in [0.5, 0.6) is 0 Å². The van der Waals surface area contributed by atoms with Gasteiger partial charge < -0.3 is 25.4 Å². The van der Waals surface area contributed by atoms with Crippen molar-refractivity contribution in [3.05, 3.63) is 54.4 Å². The first-order valence-electron chi connectivity index (χ1n) is 12.8. The average molecular weight is 520 g/mol. The number of benzene rings is 2.